The summed E-state index contributed by atoms with van der Waals surface area (Å²) < 4.78 is 16.5. The molecule has 1 aliphatic rings. The molecule has 1 saturated heterocycles. The monoisotopic (exact) mass is 530 g/mol. The van der Waals surface area contributed by atoms with E-state index in [9.17, 15) is 9.59 Å². The zero-order chi connectivity index (χ0) is 27.8. The average Bonchev–Trinajstić information content (AvgIpc) is 2.91. The number of hydrogen-bond acceptors (Lipinski definition) is 5. The zero-order valence-corrected chi connectivity index (χ0v) is 23.0. The Bertz CT molecular complexity index is 1360. The lowest BCUT2D eigenvalue weighted by Gasteiger charge is -2.33. The van der Waals surface area contributed by atoms with Gasteiger partial charge in [0.2, 0.25) is 0 Å². The van der Waals surface area contributed by atoms with Crippen molar-refractivity contribution in [3.05, 3.63) is 76.6 Å². The number of carbonyl (C=O) groups excluding carboxylic acids is 2. The SMILES string of the molecule is CCOC(=O)NCc1ccc2ccc(C#[N+]c3ccc(OC4CCN(C(=O)OC(C)(C)C)CC4)cc3)cc2c1. The molecule has 0 saturated carbocycles. The third kappa shape index (κ3) is 8.37. The fraction of sp³-hybridized carbons (Fsp3) is 0.387. The summed E-state index contributed by atoms with van der Waals surface area (Å²) in [5.74, 6) is 0.777. The van der Waals surface area contributed by atoms with Gasteiger partial charge in [-0.2, -0.15) is 0 Å². The topological polar surface area (TPSA) is 81.5 Å². The van der Waals surface area contributed by atoms with Crippen molar-refractivity contribution in [2.75, 3.05) is 19.7 Å². The van der Waals surface area contributed by atoms with E-state index in [2.05, 4.69) is 16.2 Å². The third-order valence-corrected chi connectivity index (χ3v) is 6.16. The molecule has 3 aromatic rings. The molecule has 0 unspecified atom stereocenters. The molecule has 204 valence electrons. The minimum Gasteiger partial charge on any atom is -0.490 e. The van der Waals surface area contributed by atoms with Gasteiger partial charge in [0.15, 0.2) is 0 Å². The van der Waals surface area contributed by atoms with Gasteiger partial charge in [-0.1, -0.05) is 18.2 Å². The highest BCUT2D eigenvalue weighted by atomic mass is 16.6. The van der Waals surface area contributed by atoms with Gasteiger partial charge in [-0.15, -0.1) is 0 Å². The lowest BCUT2D eigenvalue weighted by Crippen LogP contribution is -2.44. The molecule has 1 N–H and O–H groups in total. The second-order valence-electron chi connectivity index (χ2n) is 10.5. The highest BCUT2D eigenvalue weighted by molar-refractivity contribution is 5.84. The molecule has 0 aromatic heterocycles. The largest absolute Gasteiger partial charge is 0.490 e. The van der Waals surface area contributed by atoms with Gasteiger partial charge in [0.25, 0.3) is 0 Å². The van der Waals surface area contributed by atoms with Crippen LogP contribution in [0.15, 0.2) is 60.7 Å². The number of ether oxygens (including phenoxy) is 3. The molecule has 0 atom stereocenters. The number of nitrogens with one attached hydrogen (secondary N) is 1. The predicted molar refractivity (Wildman–Crippen MR) is 152 cm³/mol. The predicted octanol–water partition coefficient (Wildman–Crippen LogP) is 6.88. The minimum absolute atomic E-state index is 0.0552. The van der Waals surface area contributed by atoms with Gasteiger partial charge in [-0.05, 0) is 79.2 Å². The van der Waals surface area contributed by atoms with E-state index >= 15 is 0 Å². The Hall–Kier alpha value is -4.25. The molecular formula is C31H36N3O5+. The molecule has 0 bridgehead atoms. The molecule has 1 fully saturated rings. The number of fused-ring (bicyclic) bond motifs is 1. The van der Waals surface area contributed by atoms with Crippen molar-refractivity contribution >= 4 is 28.6 Å². The summed E-state index contributed by atoms with van der Waals surface area (Å²) in [6.45, 7) is 9.37. The number of nitrogens with zero attached hydrogens (tertiary/aromatic N) is 2. The van der Waals surface area contributed by atoms with Crippen molar-refractivity contribution < 1.29 is 23.8 Å². The Balaban J connectivity index is 1.32. The summed E-state index contributed by atoms with van der Waals surface area (Å²) in [4.78, 5) is 30.1. The minimum atomic E-state index is -0.492. The summed E-state index contributed by atoms with van der Waals surface area (Å²) in [6, 6.07) is 22.8. The standard InChI is InChI=1S/C31H35N3O5/c1-5-37-29(35)33-21-23-7-9-24-8-6-22(18-25(24)19-23)20-32-26-10-12-27(13-11-26)38-28-14-16-34(17-15-28)30(36)39-31(2,3)4/h6-13,18-19,28H,5,14-17,21H2,1-4H3/p+1. The van der Waals surface area contributed by atoms with Gasteiger partial charge in [0.1, 0.15) is 23.0 Å². The highest BCUT2D eigenvalue weighted by Gasteiger charge is 2.27. The fourth-order valence-corrected chi connectivity index (χ4v) is 4.24. The summed E-state index contributed by atoms with van der Waals surface area (Å²) in [7, 11) is 0. The number of alkyl carbamates (subject to hydrolysis) is 1. The van der Waals surface area contributed by atoms with Crippen LogP contribution in [0.4, 0.5) is 15.3 Å². The maximum atomic E-state index is 12.3. The Morgan fingerprint density at radius 1 is 1.00 bits per heavy atom. The van der Waals surface area contributed by atoms with E-state index in [1.165, 1.54) is 0 Å². The van der Waals surface area contributed by atoms with E-state index in [0.717, 1.165) is 46.2 Å². The van der Waals surface area contributed by atoms with Crippen LogP contribution in [0, 0.1) is 6.07 Å². The van der Waals surface area contributed by atoms with Gasteiger partial charge in [-0.25, -0.2) is 9.59 Å². The first-order chi connectivity index (χ1) is 18.7. The molecule has 0 spiro atoms. The quantitative estimate of drug-likeness (QED) is 0.389. The molecule has 8 nitrogen and oxygen atoms in total. The highest BCUT2D eigenvalue weighted by Crippen LogP contribution is 2.24. The van der Waals surface area contributed by atoms with E-state index < -0.39 is 11.7 Å². The first-order valence-corrected chi connectivity index (χ1v) is 13.3. The number of hydrogen-bond donors (Lipinski definition) is 1. The molecule has 8 heteroatoms. The van der Waals surface area contributed by atoms with Crippen LogP contribution in [0.25, 0.3) is 15.6 Å². The molecular weight excluding hydrogens is 494 g/mol. The Labute approximate surface area is 229 Å². The zero-order valence-electron chi connectivity index (χ0n) is 23.0. The van der Waals surface area contributed by atoms with Crippen molar-refractivity contribution in [2.24, 2.45) is 0 Å². The maximum absolute atomic E-state index is 12.3. The number of benzene rings is 3. The lowest BCUT2D eigenvalue weighted by atomic mass is 10.0. The van der Waals surface area contributed by atoms with E-state index in [1.807, 2.05) is 81.4 Å². The second kappa shape index (κ2) is 12.5. The van der Waals surface area contributed by atoms with Crippen LogP contribution >= 0.6 is 0 Å². The Morgan fingerprint density at radius 3 is 2.41 bits per heavy atom. The molecule has 2 amide bonds. The lowest BCUT2D eigenvalue weighted by molar-refractivity contribution is 0.0126. The van der Waals surface area contributed by atoms with Gasteiger partial charge in [0.05, 0.1) is 6.61 Å². The second-order valence-corrected chi connectivity index (χ2v) is 10.5. The van der Waals surface area contributed by atoms with Crippen molar-refractivity contribution in [2.45, 2.75) is 58.8 Å². The number of piperidine rings is 1. The van der Waals surface area contributed by atoms with E-state index in [0.29, 0.717) is 26.2 Å². The van der Waals surface area contributed by atoms with Gasteiger partial charge in [0, 0.05) is 44.6 Å². The number of carbonyl (C=O) groups is 2. The molecule has 1 aliphatic heterocycles. The first kappa shape index (κ1) is 27.8. The third-order valence-electron chi connectivity index (χ3n) is 6.16. The molecule has 1 heterocycles. The summed E-state index contributed by atoms with van der Waals surface area (Å²) in [6.07, 6.45) is 0.883. The van der Waals surface area contributed by atoms with Crippen LogP contribution in [-0.4, -0.2) is 48.5 Å². The molecule has 0 aliphatic carbocycles. The van der Waals surface area contributed by atoms with Gasteiger partial charge < -0.3 is 24.4 Å². The maximum Gasteiger partial charge on any atom is 0.410 e. The average molecular weight is 531 g/mol. The van der Waals surface area contributed by atoms with Crippen molar-refractivity contribution in [1.29, 1.82) is 0 Å². The summed E-state index contributed by atoms with van der Waals surface area (Å²) in [5, 5.41) is 4.88. The first-order valence-electron chi connectivity index (χ1n) is 13.3. The molecule has 39 heavy (non-hydrogen) atoms. The van der Waals surface area contributed by atoms with Gasteiger partial charge >= 0.3 is 23.9 Å². The van der Waals surface area contributed by atoms with Crippen LogP contribution < -0.4 is 10.1 Å². The summed E-state index contributed by atoms with van der Waals surface area (Å²) in [5.41, 5.74) is 2.12. The van der Waals surface area contributed by atoms with Crippen LogP contribution in [0.2, 0.25) is 0 Å². The fourth-order valence-electron chi connectivity index (χ4n) is 4.24. The number of rotatable bonds is 5. The molecule has 4 rings (SSSR count). The van der Waals surface area contributed by atoms with Crippen molar-refractivity contribution in [3.63, 3.8) is 0 Å². The van der Waals surface area contributed by atoms with Crippen LogP contribution in [0.5, 0.6) is 5.75 Å². The van der Waals surface area contributed by atoms with E-state index in [1.54, 1.807) is 11.8 Å². The number of likely N-dealkylation sites (tertiary alicyclic amines) is 1. The van der Waals surface area contributed by atoms with E-state index in [4.69, 9.17) is 14.2 Å². The van der Waals surface area contributed by atoms with Crippen molar-refractivity contribution in [3.8, 4) is 11.8 Å². The Kier molecular flexibility index (Phi) is 8.92. The van der Waals surface area contributed by atoms with Crippen LogP contribution in [0.1, 0.15) is 51.7 Å². The van der Waals surface area contributed by atoms with Crippen LogP contribution in [-0.2, 0) is 16.0 Å². The smallest absolute Gasteiger partial charge is 0.410 e. The van der Waals surface area contributed by atoms with Crippen LogP contribution in [0.3, 0.4) is 0 Å². The molecule has 3 aromatic carbocycles. The summed E-state index contributed by atoms with van der Waals surface area (Å²) >= 11 is 0. The molecule has 0 radical (unpaired) electrons. The van der Waals surface area contributed by atoms with E-state index in [-0.39, 0.29) is 12.2 Å². The Morgan fingerprint density at radius 2 is 1.72 bits per heavy atom. The normalized spacial score (nSPS) is 13.8. The van der Waals surface area contributed by atoms with Crippen molar-refractivity contribution in [1.82, 2.24) is 10.2 Å². The number of amides is 2. The van der Waals surface area contributed by atoms with Gasteiger partial charge in [-0.3, -0.25) is 0 Å².